The van der Waals surface area contributed by atoms with Crippen LogP contribution in [0.4, 0.5) is 0 Å². The Kier molecular flexibility index (Phi) is 5.58. The van der Waals surface area contributed by atoms with Crippen LogP contribution >= 0.6 is 0 Å². The van der Waals surface area contributed by atoms with Crippen LogP contribution in [-0.4, -0.2) is 47.8 Å². The number of carbonyl (C=O) groups is 2. The van der Waals surface area contributed by atoms with Gasteiger partial charge in [0.2, 0.25) is 5.91 Å². The Morgan fingerprint density at radius 3 is 2.05 bits per heavy atom. The van der Waals surface area contributed by atoms with E-state index >= 15 is 0 Å². The molecule has 120 valence electrons. The lowest BCUT2D eigenvalue weighted by Crippen LogP contribution is -2.50. The van der Waals surface area contributed by atoms with Gasteiger partial charge in [-0.25, -0.2) is 0 Å². The van der Waals surface area contributed by atoms with E-state index in [0.29, 0.717) is 38.5 Å². The van der Waals surface area contributed by atoms with E-state index in [0.717, 1.165) is 12.0 Å². The summed E-state index contributed by atoms with van der Waals surface area (Å²) in [6.45, 7) is 8.77. The van der Waals surface area contributed by atoms with Crippen molar-refractivity contribution in [3.63, 3.8) is 0 Å². The monoisotopic (exact) mass is 302 g/mol. The topological polar surface area (TPSA) is 40.6 Å². The van der Waals surface area contributed by atoms with Crippen LogP contribution in [0.3, 0.4) is 0 Å². The first-order valence-electron chi connectivity index (χ1n) is 8.23. The quantitative estimate of drug-likeness (QED) is 0.858. The first-order valence-corrected chi connectivity index (χ1v) is 8.23. The number of carbonyl (C=O) groups excluding carboxylic acids is 2. The van der Waals surface area contributed by atoms with Crippen LogP contribution in [0.25, 0.3) is 0 Å². The zero-order valence-corrected chi connectivity index (χ0v) is 13.8. The fourth-order valence-electron chi connectivity index (χ4n) is 2.76. The highest BCUT2D eigenvalue weighted by molar-refractivity contribution is 5.94. The van der Waals surface area contributed by atoms with Crippen molar-refractivity contribution < 1.29 is 9.59 Å². The number of rotatable bonds is 4. The van der Waals surface area contributed by atoms with Gasteiger partial charge in [-0.2, -0.15) is 0 Å². The van der Waals surface area contributed by atoms with Crippen molar-refractivity contribution in [1.29, 1.82) is 0 Å². The Morgan fingerprint density at radius 1 is 1.00 bits per heavy atom. The molecule has 1 saturated heterocycles. The van der Waals surface area contributed by atoms with Gasteiger partial charge in [-0.15, -0.1) is 0 Å². The highest BCUT2D eigenvalue weighted by Gasteiger charge is 2.24. The van der Waals surface area contributed by atoms with Crippen molar-refractivity contribution in [2.75, 3.05) is 26.2 Å². The summed E-state index contributed by atoms with van der Waals surface area (Å²) in [5, 5.41) is 0. The van der Waals surface area contributed by atoms with Crippen molar-refractivity contribution in [3.8, 4) is 0 Å². The second kappa shape index (κ2) is 7.43. The number of hydrogen-bond donors (Lipinski definition) is 0. The third kappa shape index (κ3) is 3.67. The molecule has 2 rings (SSSR count). The van der Waals surface area contributed by atoms with Crippen molar-refractivity contribution in [2.45, 2.75) is 39.5 Å². The maximum absolute atomic E-state index is 12.5. The predicted octanol–water partition coefficient (Wildman–Crippen LogP) is 2.89. The Balaban J connectivity index is 1.96. The predicted molar refractivity (Wildman–Crippen MR) is 87.9 cm³/mol. The molecular formula is C18H26N2O2. The second-order valence-corrected chi connectivity index (χ2v) is 5.96. The molecule has 1 aliphatic rings. The number of amides is 2. The summed E-state index contributed by atoms with van der Waals surface area (Å²) in [5.41, 5.74) is 2.01. The lowest BCUT2D eigenvalue weighted by molar-refractivity contribution is -0.132. The maximum atomic E-state index is 12.5. The zero-order valence-electron chi connectivity index (χ0n) is 13.8. The number of benzene rings is 1. The Hall–Kier alpha value is -1.84. The van der Waals surface area contributed by atoms with E-state index < -0.39 is 0 Å². The number of nitrogens with zero attached hydrogens (tertiary/aromatic N) is 2. The first-order chi connectivity index (χ1) is 10.6. The average Bonchev–Trinajstić information content (AvgIpc) is 2.60. The van der Waals surface area contributed by atoms with Gasteiger partial charge in [-0.05, 0) is 30.0 Å². The molecule has 1 aliphatic heterocycles. The van der Waals surface area contributed by atoms with Gasteiger partial charge in [0.25, 0.3) is 5.91 Å². The van der Waals surface area contributed by atoms with Gasteiger partial charge < -0.3 is 9.80 Å². The molecule has 1 aromatic rings. The highest BCUT2D eigenvalue weighted by atomic mass is 16.2. The van der Waals surface area contributed by atoms with Gasteiger partial charge in [0.15, 0.2) is 0 Å². The van der Waals surface area contributed by atoms with Gasteiger partial charge in [0.05, 0.1) is 0 Å². The molecule has 0 N–H and O–H groups in total. The van der Waals surface area contributed by atoms with E-state index in [-0.39, 0.29) is 11.8 Å². The van der Waals surface area contributed by atoms with Crippen molar-refractivity contribution in [2.24, 2.45) is 0 Å². The number of hydrogen-bond acceptors (Lipinski definition) is 2. The molecule has 0 spiro atoms. The van der Waals surface area contributed by atoms with E-state index in [1.54, 1.807) is 0 Å². The third-order valence-electron chi connectivity index (χ3n) is 4.56. The van der Waals surface area contributed by atoms with E-state index in [9.17, 15) is 9.59 Å². The van der Waals surface area contributed by atoms with Crippen LogP contribution in [0.5, 0.6) is 0 Å². The Labute approximate surface area is 133 Å². The van der Waals surface area contributed by atoms with E-state index in [2.05, 4.69) is 26.0 Å². The van der Waals surface area contributed by atoms with Gasteiger partial charge in [-0.1, -0.05) is 32.9 Å². The molecule has 2 amide bonds. The molecule has 1 atom stereocenters. The average molecular weight is 302 g/mol. The molecule has 4 nitrogen and oxygen atoms in total. The number of piperazine rings is 1. The van der Waals surface area contributed by atoms with E-state index in [1.807, 2.05) is 28.9 Å². The summed E-state index contributed by atoms with van der Waals surface area (Å²) in [6, 6.07) is 7.96. The van der Waals surface area contributed by atoms with Gasteiger partial charge in [-0.3, -0.25) is 9.59 Å². The highest BCUT2D eigenvalue weighted by Crippen LogP contribution is 2.19. The molecule has 0 aliphatic carbocycles. The smallest absolute Gasteiger partial charge is 0.253 e. The minimum atomic E-state index is 0.0688. The minimum Gasteiger partial charge on any atom is -0.339 e. The standard InChI is InChI=1S/C18H26N2O2/c1-4-14(3)15-6-8-16(9-7-15)18(22)20-12-10-19(11-13-20)17(21)5-2/h6-9,14H,4-5,10-13H2,1-3H3. The van der Waals surface area contributed by atoms with Gasteiger partial charge >= 0.3 is 0 Å². The van der Waals surface area contributed by atoms with Crippen LogP contribution in [0.2, 0.25) is 0 Å². The van der Waals surface area contributed by atoms with Crippen LogP contribution in [0, 0.1) is 0 Å². The molecule has 1 aromatic carbocycles. The van der Waals surface area contributed by atoms with Crippen molar-refractivity contribution >= 4 is 11.8 Å². The Bertz CT molecular complexity index is 516. The van der Waals surface area contributed by atoms with Crippen molar-refractivity contribution in [3.05, 3.63) is 35.4 Å². The molecule has 0 saturated carbocycles. The molecule has 22 heavy (non-hydrogen) atoms. The molecule has 0 aromatic heterocycles. The van der Waals surface area contributed by atoms with Crippen LogP contribution in [0.15, 0.2) is 24.3 Å². The van der Waals surface area contributed by atoms with Crippen LogP contribution in [-0.2, 0) is 4.79 Å². The third-order valence-corrected chi connectivity index (χ3v) is 4.56. The Morgan fingerprint density at radius 2 is 1.55 bits per heavy atom. The summed E-state index contributed by atoms with van der Waals surface area (Å²) in [4.78, 5) is 27.9. The molecule has 4 heteroatoms. The van der Waals surface area contributed by atoms with Crippen molar-refractivity contribution in [1.82, 2.24) is 9.80 Å². The van der Waals surface area contributed by atoms with E-state index in [1.165, 1.54) is 5.56 Å². The van der Waals surface area contributed by atoms with Crippen LogP contribution in [0.1, 0.15) is 55.5 Å². The fourth-order valence-corrected chi connectivity index (χ4v) is 2.76. The van der Waals surface area contributed by atoms with E-state index in [4.69, 9.17) is 0 Å². The summed E-state index contributed by atoms with van der Waals surface area (Å²) in [5.74, 6) is 0.761. The molecule has 0 bridgehead atoms. The first kappa shape index (κ1) is 16.5. The second-order valence-electron chi connectivity index (χ2n) is 5.96. The molecular weight excluding hydrogens is 276 g/mol. The van der Waals surface area contributed by atoms with Gasteiger partial charge in [0.1, 0.15) is 0 Å². The molecule has 1 unspecified atom stereocenters. The zero-order chi connectivity index (χ0) is 16.1. The molecule has 1 heterocycles. The molecule has 0 radical (unpaired) electrons. The lowest BCUT2D eigenvalue weighted by Gasteiger charge is -2.34. The minimum absolute atomic E-state index is 0.0688. The molecule has 1 fully saturated rings. The summed E-state index contributed by atoms with van der Waals surface area (Å²) >= 11 is 0. The largest absolute Gasteiger partial charge is 0.339 e. The lowest BCUT2D eigenvalue weighted by atomic mass is 9.97. The normalized spacial score (nSPS) is 16.5. The SMILES string of the molecule is CCC(=O)N1CCN(C(=O)c2ccc(C(C)CC)cc2)CC1. The fraction of sp³-hybridized carbons (Fsp3) is 0.556. The van der Waals surface area contributed by atoms with Crippen LogP contribution < -0.4 is 0 Å². The summed E-state index contributed by atoms with van der Waals surface area (Å²) < 4.78 is 0. The summed E-state index contributed by atoms with van der Waals surface area (Å²) in [7, 11) is 0. The summed E-state index contributed by atoms with van der Waals surface area (Å²) in [6.07, 6.45) is 1.63. The maximum Gasteiger partial charge on any atom is 0.253 e. The van der Waals surface area contributed by atoms with Gasteiger partial charge in [0, 0.05) is 38.2 Å².